The van der Waals surface area contributed by atoms with Crippen LogP contribution < -0.4 is 15.8 Å². The summed E-state index contributed by atoms with van der Waals surface area (Å²) < 4.78 is 5.01. The molecule has 1 aromatic rings. The minimum Gasteiger partial charge on any atom is -0.497 e. The number of thioether (sulfide) groups is 1. The van der Waals surface area contributed by atoms with Crippen molar-refractivity contribution in [3.63, 3.8) is 0 Å². The molecule has 0 aliphatic carbocycles. The quantitative estimate of drug-likeness (QED) is 0.765. The predicted octanol–water partition coefficient (Wildman–Crippen LogP) is 1.58. The lowest BCUT2D eigenvalue weighted by Crippen LogP contribution is -2.14. The fraction of sp³-hybridized carbons (Fsp3) is 0.300. The molecular weight excluding hydrogens is 212 g/mol. The molecule has 0 atom stereocenters. The van der Waals surface area contributed by atoms with Crippen LogP contribution in [0.5, 0.6) is 5.75 Å². The van der Waals surface area contributed by atoms with E-state index in [9.17, 15) is 4.79 Å². The van der Waals surface area contributed by atoms with Crippen LogP contribution in [0.15, 0.2) is 18.2 Å². The summed E-state index contributed by atoms with van der Waals surface area (Å²) in [5, 5.41) is 2.72. The molecule has 0 saturated carbocycles. The number of amides is 1. The standard InChI is InChI=1S/C10H14N2O2S/c1-14-7-3-4-9(8(11)5-7)12-10(13)6-15-2/h3-5H,6,11H2,1-2H3,(H,12,13). The lowest BCUT2D eigenvalue weighted by Gasteiger charge is -2.08. The first-order valence-corrected chi connectivity index (χ1v) is 5.79. The van der Waals surface area contributed by atoms with Crippen LogP contribution in [0.1, 0.15) is 0 Å². The molecule has 0 saturated heterocycles. The molecule has 4 nitrogen and oxygen atoms in total. The fourth-order valence-electron chi connectivity index (χ4n) is 1.10. The zero-order valence-electron chi connectivity index (χ0n) is 8.74. The van der Waals surface area contributed by atoms with Crippen molar-refractivity contribution in [3.8, 4) is 5.75 Å². The Bertz CT molecular complexity index is 355. The van der Waals surface area contributed by atoms with Gasteiger partial charge in [-0.3, -0.25) is 4.79 Å². The number of nitrogens with one attached hydrogen (secondary N) is 1. The average Bonchev–Trinajstić information content (AvgIpc) is 2.21. The van der Waals surface area contributed by atoms with Crippen molar-refractivity contribution in [2.75, 3.05) is 30.2 Å². The first-order chi connectivity index (χ1) is 7.17. The Morgan fingerprint density at radius 2 is 2.33 bits per heavy atom. The van der Waals surface area contributed by atoms with Gasteiger partial charge in [0.05, 0.1) is 24.2 Å². The van der Waals surface area contributed by atoms with E-state index in [4.69, 9.17) is 10.5 Å². The summed E-state index contributed by atoms with van der Waals surface area (Å²) in [5.41, 5.74) is 6.86. The van der Waals surface area contributed by atoms with Gasteiger partial charge in [0.1, 0.15) is 5.75 Å². The van der Waals surface area contributed by atoms with Crippen LogP contribution in [0.4, 0.5) is 11.4 Å². The van der Waals surface area contributed by atoms with E-state index >= 15 is 0 Å². The zero-order valence-corrected chi connectivity index (χ0v) is 9.56. The van der Waals surface area contributed by atoms with Crippen LogP contribution in [0.25, 0.3) is 0 Å². The lowest BCUT2D eigenvalue weighted by atomic mass is 10.2. The molecule has 5 heteroatoms. The topological polar surface area (TPSA) is 64.3 Å². The monoisotopic (exact) mass is 226 g/mol. The molecule has 0 spiro atoms. The van der Waals surface area contributed by atoms with Crippen molar-refractivity contribution >= 4 is 29.0 Å². The highest BCUT2D eigenvalue weighted by Crippen LogP contribution is 2.23. The SMILES string of the molecule is COc1ccc(NC(=O)CSC)c(N)c1. The van der Waals surface area contributed by atoms with Gasteiger partial charge in [-0.1, -0.05) is 0 Å². The molecule has 0 radical (unpaired) electrons. The van der Waals surface area contributed by atoms with Gasteiger partial charge in [0, 0.05) is 6.07 Å². The van der Waals surface area contributed by atoms with Crippen LogP contribution >= 0.6 is 11.8 Å². The molecular formula is C10H14N2O2S. The van der Waals surface area contributed by atoms with E-state index in [1.807, 2.05) is 6.26 Å². The Kier molecular flexibility index (Phi) is 4.30. The average molecular weight is 226 g/mol. The molecule has 15 heavy (non-hydrogen) atoms. The molecule has 0 aromatic heterocycles. The number of hydrogen-bond acceptors (Lipinski definition) is 4. The Morgan fingerprint density at radius 1 is 1.60 bits per heavy atom. The summed E-state index contributed by atoms with van der Waals surface area (Å²) in [4.78, 5) is 11.3. The molecule has 0 fully saturated rings. The van der Waals surface area contributed by atoms with Crippen LogP contribution in [-0.2, 0) is 4.79 Å². The molecule has 82 valence electrons. The van der Waals surface area contributed by atoms with Crippen molar-refractivity contribution in [2.45, 2.75) is 0 Å². The van der Waals surface area contributed by atoms with E-state index in [2.05, 4.69) is 5.32 Å². The fourth-order valence-corrected chi connectivity index (χ4v) is 1.43. The summed E-state index contributed by atoms with van der Waals surface area (Å²) in [6.45, 7) is 0. The smallest absolute Gasteiger partial charge is 0.234 e. The van der Waals surface area contributed by atoms with E-state index in [0.717, 1.165) is 0 Å². The highest BCUT2D eigenvalue weighted by Gasteiger charge is 2.05. The van der Waals surface area contributed by atoms with Gasteiger partial charge >= 0.3 is 0 Å². The Morgan fingerprint density at radius 3 is 2.87 bits per heavy atom. The molecule has 0 bridgehead atoms. The van der Waals surface area contributed by atoms with E-state index in [0.29, 0.717) is 22.9 Å². The van der Waals surface area contributed by atoms with Crippen LogP contribution in [0.3, 0.4) is 0 Å². The molecule has 0 unspecified atom stereocenters. The second-order valence-electron chi connectivity index (χ2n) is 2.93. The molecule has 1 aromatic carbocycles. The van der Waals surface area contributed by atoms with Gasteiger partial charge in [-0.2, -0.15) is 11.8 Å². The van der Waals surface area contributed by atoms with Gasteiger partial charge in [-0.05, 0) is 18.4 Å². The third kappa shape index (κ3) is 3.36. The number of hydrogen-bond donors (Lipinski definition) is 2. The van der Waals surface area contributed by atoms with Crippen LogP contribution in [0, 0.1) is 0 Å². The number of nitrogens with two attached hydrogens (primary N) is 1. The Balaban J connectivity index is 2.73. The van der Waals surface area contributed by atoms with Crippen LogP contribution in [-0.4, -0.2) is 25.0 Å². The van der Waals surface area contributed by atoms with Crippen molar-refractivity contribution in [1.82, 2.24) is 0 Å². The number of ether oxygens (including phenoxy) is 1. The molecule has 0 heterocycles. The highest BCUT2D eigenvalue weighted by molar-refractivity contribution is 7.99. The number of carbonyl (C=O) groups is 1. The Labute approximate surface area is 93.2 Å². The first-order valence-electron chi connectivity index (χ1n) is 4.39. The second-order valence-corrected chi connectivity index (χ2v) is 3.80. The van der Waals surface area contributed by atoms with E-state index in [1.165, 1.54) is 11.8 Å². The lowest BCUT2D eigenvalue weighted by molar-refractivity contribution is -0.113. The van der Waals surface area contributed by atoms with Gasteiger partial charge in [0.2, 0.25) is 5.91 Å². The maximum absolute atomic E-state index is 11.3. The van der Waals surface area contributed by atoms with Crippen molar-refractivity contribution < 1.29 is 9.53 Å². The van der Waals surface area contributed by atoms with Gasteiger partial charge in [-0.15, -0.1) is 0 Å². The van der Waals surface area contributed by atoms with Crippen molar-refractivity contribution in [2.24, 2.45) is 0 Å². The number of anilines is 2. The Hall–Kier alpha value is -1.36. The van der Waals surface area contributed by atoms with E-state index in [1.54, 1.807) is 25.3 Å². The molecule has 0 aliphatic heterocycles. The predicted molar refractivity (Wildman–Crippen MR) is 64.4 cm³/mol. The largest absolute Gasteiger partial charge is 0.497 e. The number of methoxy groups -OCH3 is 1. The van der Waals surface area contributed by atoms with Gasteiger partial charge < -0.3 is 15.8 Å². The number of rotatable bonds is 4. The van der Waals surface area contributed by atoms with Gasteiger partial charge in [0.25, 0.3) is 0 Å². The maximum atomic E-state index is 11.3. The molecule has 0 aliphatic rings. The van der Waals surface area contributed by atoms with Crippen LogP contribution in [0.2, 0.25) is 0 Å². The summed E-state index contributed by atoms with van der Waals surface area (Å²) in [7, 11) is 1.57. The van der Waals surface area contributed by atoms with Gasteiger partial charge in [-0.25, -0.2) is 0 Å². The maximum Gasteiger partial charge on any atom is 0.234 e. The van der Waals surface area contributed by atoms with Gasteiger partial charge in [0.15, 0.2) is 0 Å². The highest BCUT2D eigenvalue weighted by atomic mass is 32.2. The normalized spacial score (nSPS) is 9.73. The summed E-state index contributed by atoms with van der Waals surface area (Å²) in [6.07, 6.45) is 1.87. The van der Waals surface area contributed by atoms with E-state index in [-0.39, 0.29) is 5.91 Å². The van der Waals surface area contributed by atoms with Crippen molar-refractivity contribution in [1.29, 1.82) is 0 Å². The number of carbonyl (C=O) groups excluding carboxylic acids is 1. The van der Waals surface area contributed by atoms with Crippen molar-refractivity contribution in [3.05, 3.63) is 18.2 Å². The summed E-state index contributed by atoms with van der Waals surface area (Å²) in [5.74, 6) is 1.04. The minimum absolute atomic E-state index is 0.0561. The summed E-state index contributed by atoms with van der Waals surface area (Å²) in [6, 6.07) is 5.16. The summed E-state index contributed by atoms with van der Waals surface area (Å²) >= 11 is 1.46. The third-order valence-corrected chi connectivity index (χ3v) is 2.36. The first kappa shape index (κ1) is 11.7. The molecule has 3 N–H and O–H groups in total. The number of benzene rings is 1. The zero-order chi connectivity index (χ0) is 11.3. The third-order valence-electron chi connectivity index (χ3n) is 1.81. The van der Waals surface area contributed by atoms with E-state index < -0.39 is 0 Å². The molecule has 1 rings (SSSR count). The minimum atomic E-state index is -0.0561. The number of nitrogen functional groups attached to an aromatic ring is 1. The second kappa shape index (κ2) is 5.50. The molecule has 1 amide bonds.